The fourth-order valence-corrected chi connectivity index (χ4v) is 9.14. The van der Waals surface area contributed by atoms with Gasteiger partial charge in [0, 0.05) is 50.1 Å². The third-order valence-corrected chi connectivity index (χ3v) is 10.5. The summed E-state index contributed by atoms with van der Waals surface area (Å²) >= 11 is 1.86. The van der Waals surface area contributed by atoms with E-state index in [4.69, 9.17) is 0 Å². The molecule has 0 aliphatic rings. The summed E-state index contributed by atoms with van der Waals surface area (Å²) in [6, 6.07) is 5.03. The van der Waals surface area contributed by atoms with Gasteiger partial charge in [-0.1, -0.05) is 0 Å². The Bertz CT molecular complexity index is 1890. The van der Waals surface area contributed by atoms with Crippen molar-refractivity contribution < 1.29 is 52.7 Å². The number of thiophene rings is 4. The highest BCUT2D eigenvalue weighted by Gasteiger charge is 2.48. The summed E-state index contributed by atoms with van der Waals surface area (Å²) < 4.78 is 165. The average Bonchev–Trinajstić information content (AvgIpc) is 3.62. The normalized spacial score (nSPS) is 14.1. The summed E-state index contributed by atoms with van der Waals surface area (Å²) in [7, 11) is 0. The molecule has 6 aromatic rings. The second kappa shape index (κ2) is 9.34. The molecule has 2 aromatic carbocycles. The smallest absolute Gasteiger partial charge is 0.166 e. The Kier molecular flexibility index (Phi) is 6.51. The Hall–Kier alpha value is -2.82. The van der Waals surface area contributed by atoms with Crippen LogP contribution in [0.5, 0.6) is 0 Å². The topological polar surface area (TPSA) is 0 Å². The number of fused-ring (bicyclic) bond motifs is 6. The van der Waals surface area contributed by atoms with Gasteiger partial charge in [-0.05, 0) is 47.2 Å². The zero-order valence-electron chi connectivity index (χ0n) is 19.8. The van der Waals surface area contributed by atoms with Crippen LogP contribution in [0.2, 0.25) is 0 Å². The molecule has 0 atom stereocenters. The Balaban J connectivity index is 1.56. The first-order valence-corrected chi connectivity index (χ1v) is 14.7. The van der Waals surface area contributed by atoms with E-state index in [9.17, 15) is 52.7 Å². The van der Waals surface area contributed by atoms with Gasteiger partial charge in [0.05, 0.1) is 22.3 Å². The highest BCUT2D eigenvalue weighted by Crippen LogP contribution is 2.53. The fraction of sp³-hybridized carbons (Fsp3) is 0.154. The summed E-state index contributed by atoms with van der Waals surface area (Å²) in [4.78, 5) is 0.125. The standard InChI is InChI=1S/C26H8F12S4/c27-23(28,29)15-17(25(33,34)35)21-13(11-3-5-39-19(11)15)7-9(41-21)1-2-10-8-14-12-4-6-40-20(12)16(24(30,31)32)18(22(14)42-10)26(36,37)38/h1-8H/b2-1+. The van der Waals surface area contributed by atoms with E-state index in [-0.39, 0.29) is 31.3 Å². The van der Waals surface area contributed by atoms with E-state index in [1.54, 1.807) is 0 Å². The largest absolute Gasteiger partial charge is 0.418 e. The molecule has 4 aromatic heterocycles. The maximum atomic E-state index is 14.0. The summed E-state index contributed by atoms with van der Waals surface area (Å²) in [5, 5.41) is 2.23. The van der Waals surface area contributed by atoms with Crippen LogP contribution in [-0.2, 0) is 24.7 Å². The van der Waals surface area contributed by atoms with Crippen molar-refractivity contribution >= 4 is 97.8 Å². The van der Waals surface area contributed by atoms with Gasteiger partial charge in [0.15, 0.2) is 0 Å². The molecule has 0 bridgehead atoms. The Morgan fingerprint density at radius 2 is 0.738 bits per heavy atom. The van der Waals surface area contributed by atoms with Crippen molar-refractivity contribution in [2.75, 3.05) is 0 Å². The molecule has 16 heteroatoms. The molecule has 42 heavy (non-hydrogen) atoms. The van der Waals surface area contributed by atoms with Gasteiger partial charge < -0.3 is 0 Å². The number of hydrogen-bond donors (Lipinski definition) is 0. The maximum absolute atomic E-state index is 14.0. The van der Waals surface area contributed by atoms with Crippen molar-refractivity contribution in [3.8, 4) is 0 Å². The number of rotatable bonds is 2. The number of alkyl halides is 12. The summed E-state index contributed by atoms with van der Waals surface area (Å²) in [5.74, 6) is 0. The quantitative estimate of drug-likeness (QED) is 0.160. The SMILES string of the molecule is FC(F)(F)c1c(C(F)(F)F)c2sc(/C=C/c3cc4c(s3)c(C(F)(F)F)c(C(F)(F)F)c3sccc34)cc2c2ccsc12. The van der Waals surface area contributed by atoms with Crippen LogP contribution in [0.3, 0.4) is 0 Å². The van der Waals surface area contributed by atoms with Crippen molar-refractivity contribution in [3.05, 3.63) is 67.0 Å². The molecule has 0 saturated heterocycles. The molecule has 0 unspecified atom stereocenters. The minimum Gasteiger partial charge on any atom is -0.166 e. The molecule has 0 amide bonds. The fourth-order valence-electron chi connectivity index (χ4n) is 4.89. The molecule has 6 rings (SSSR count). The highest BCUT2D eigenvalue weighted by atomic mass is 32.1. The van der Waals surface area contributed by atoms with Crippen LogP contribution in [-0.4, -0.2) is 0 Å². The van der Waals surface area contributed by atoms with Crippen molar-refractivity contribution in [2.24, 2.45) is 0 Å². The first-order chi connectivity index (χ1) is 19.4. The van der Waals surface area contributed by atoms with E-state index < -0.39 is 65.8 Å². The third kappa shape index (κ3) is 4.66. The van der Waals surface area contributed by atoms with Crippen LogP contribution in [0.25, 0.3) is 52.5 Å². The lowest BCUT2D eigenvalue weighted by Gasteiger charge is -2.17. The Morgan fingerprint density at radius 1 is 0.429 bits per heavy atom. The minimum atomic E-state index is -5.35. The van der Waals surface area contributed by atoms with Crippen LogP contribution in [0.1, 0.15) is 32.0 Å². The number of benzene rings is 2. The van der Waals surface area contributed by atoms with Gasteiger partial charge in [0.1, 0.15) is 0 Å². The van der Waals surface area contributed by atoms with Crippen molar-refractivity contribution in [1.29, 1.82) is 0 Å². The van der Waals surface area contributed by atoms with Crippen LogP contribution >= 0.6 is 45.3 Å². The molecular weight excluding hydrogens is 669 g/mol. The van der Waals surface area contributed by atoms with E-state index in [0.29, 0.717) is 45.3 Å². The van der Waals surface area contributed by atoms with Gasteiger partial charge in [0.25, 0.3) is 0 Å². The predicted octanol–water partition coefficient (Wildman–Crippen LogP) is 12.8. The van der Waals surface area contributed by atoms with Crippen molar-refractivity contribution in [3.63, 3.8) is 0 Å². The summed E-state index contributed by atoms with van der Waals surface area (Å²) in [5.41, 5.74) is -7.26. The molecule has 0 N–H and O–H groups in total. The average molecular weight is 677 g/mol. The molecule has 220 valence electrons. The lowest BCUT2D eigenvalue weighted by molar-refractivity contribution is -0.159. The Labute approximate surface area is 241 Å². The van der Waals surface area contributed by atoms with Gasteiger partial charge in [0.2, 0.25) is 0 Å². The first kappa shape index (κ1) is 29.3. The van der Waals surface area contributed by atoms with E-state index in [0.717, 1.165) is 0 Å². The highest BCUT2D eigenvalue weighted by molar-refractivity contribution is 7.22. The first-order valence-electron chi connectivity index (χ1n) is 11.3. The molecular formula is C26H8F12S4. The van der Waals surface area contributed by atoms with E-state index >= 15 is 0 Å². The van der Waals surface area contributed by atoms with Gasteiger partial charge in [-0.25, -0.2) is 0 Å². The summed E-state index contributed by atoms with van der Waals surface area (Å²) in [6.07, 6.45) is -18.9. The van der Waals surface area contributed by atoms with Crippen LogP contribution in [0, 0.1) is 0 Å². The van der Waals surface area contributed by atoms with Crippen LogP contribution < -0.4 is 0 Å². The summed E-state index contributed by atoms with van der Waals surface area (Å²) in [6.45, 7) is 0. The molecule has 0 aliphatic carbocycles. The number of halogens is 12. The van der Waals surface area contributed by atoms with Gasteiger partial charge in [-0.3, -0.25) is 0 Å². The monoisotopic (exact) mass is 676 g/mol. The van der Waals surface area contributed by atoms with Crippen molar-refractivity contribution in [1.82, 2.24) is 0 Å². The zero-order chi connectivity index (χ0) is 30.6. The van der Waals surface area contributed by atoms with Gasteiger partial charge in [-0.2, -0.15) is 52.7 Å². The van der Waals surface area contributed by atoms with Crippen LogP contribution in [0.15, 0.2) is 35.0 Å². The molecule has 0 aliphatic heterocycles. The van der Waals surface area contributed by atoms with E-state index in [2.05, 4.69) is 0 Å². The van der Waals surface area contributed by atoms with E-state index in [1.807, 2.05) is 0 Å². The second-order valence-electron chi connectivity index (χ2n) is 8.93. The molecule has 0 fully saturated rings. The van der Waals surface area contributed by atoms with Crippen molar-refractivity contribution in [2.45, 2.75) is 24.7 Å². The molecule has 0 saturated carbocycles. The minimum absolute atomic E-state index is 0.0394. The predicted molar refractivity (Wildman–Crippen MR) is 143 cm³/mol. The Morgan fingerprint density at radius 3 is 1.05 bits per heavy atom. The third-order valence-electron chi connectivity index (χ3n) is 6.37. The van der Waals surface area contributed by atoms with Gasteiger partial charge >= 0.3 is 24.7 Å². The molecule has 4 heterocycles. The van der Waals surface area contributed by atoms with E-state index in [1.165, 1.54) is 47.2 Å². The molecule has 0 spiro atoms. The van der Waals surface area contributed by atoms with Crippen LogP contribution in [0.4, 0.5) is 52.7 Å². The molecule has 0 radical (unpaired) electrons. The second-order valence-corrected chi connectivity index (χ2v) is 12.9. The molecule has 0 nitrogen and oxygen atoms in total. The van der Waals surface area contributed by atoms with Gasteiger partial charge in [-0.15, -0.1) is 45.3 Å². The zero-order valence-corrected chi connectivity index (χ0v) is 23.1. The lowest BCUT2D eigenvalue weighted by atomic mass is 10.0. The lowest BCUT2D eigenvalue weighted by Crippen LogP contribution is -2.16. The maximum Gasteiger partial charge on any atom is 0.418 e. The number of hydrogen-bond acceptors (Lipinski definition) is 4.